The molecule has 1 aliphatic carbocycles. The lowest BCUT2D eigenvalue weighted by atomic mass is 9.83. The molecule has 2 heterocycles. The van der Waals surface area contributed by atoms with Crippen LogP contribution in [-0.4, -0.2) is 20.0 Å². The lowest BCUT2D eigenvalue weighted by molar-refractivity contribution is 0.0979. The summed E-state index contributed by atoms with van der Waals surface area (Å²) >= 11 is 0. The number of carbonyl (C=O) groups is 2. The smallest absolute Gasteiger partial charge is 0.206 e. The molecule has 12 aromatic carbocycles. The molecular formula is C74H48N4O6S. The first-order valence-corrected chi connectivity index (χ1v) is 29.3. The SMILES string of the molecule is O=C1c2ccc(N(c3ccccc3)c3ccc(-c4ccc5c(c4)Oc4ccccc4N5c4ccc(S(=O)(=O)c5ccc(N6c7ccccc7Oc7ccccc76)cc5)cc4)cc3)cc2C(=O)c2ccc(N(c3ccccc3)c3ccccc3)cc21. The molecule has 0 atom stereocenters. The van der Waals surface area contributed by atoms with Gasteiger partial charge < -0.3 is 29.1 Å². The van der Waals surface area contributed by atoms with Crippen molar-refractivity contribution in [2.75, 3.05) is 19.6 Å². The third kappa shape index (κ3) is 8.85. The van der Waals surface area contributed by atoms with Gasteiger partial charge in [-0.3, -0.25) is 9.59 Å². The van der Waals surface area contributed by atoms with Crippen LogP contribution in [0.3, 0.4) is 0 Å². The predicted octanol–water partition coefficient (Wildman–Crippen LogP) is 19.1. The Morgan fingerprint density at radius 1 is 0.282 bits per heavy atom. The van der Waals surface area contributed by atoms with Crippen LogP contribution in [0.5, 0.6) is 23.0 Å². The third-order valence-electron chi connectivity index (χ3n) is 15.8. The summed E-state index contributed by atoms with van der Waals surface area (Å²) in [6.45, 7) is 0. The average Bonchev–Trinajstić information content (AvgIpc) is 2.71. The fourth-order valence-electron chi connectivity index (χ4n) is 11.7. The molecule has 15 rings (SSSR count). The van der Waals surface area contributed by atoms with E-state index in [2.05, 4.69) is 37.8 Å². The quantitative estimate of drug-likeness (QED) is 0.124. The number of ether oxygens (including phenoxy) is 2. The lowest BCUT2D eigenvalue weighted by Gasteiger charge is -2.33. The van der Waals surface area contributed by atoms with Gasteiger partial charge in [-0.1, -0.05) is 109 Å². The van der Waals surface area contributed by atoms with Crippen molar-refractivity contribution in [1.29, 1.82) is 0 Å². The number of anilines is 12. The van der Waals surface area contributed by atoms with Gasteiger partial charge in [0, 0.05) is 67.8 Å². The standard InChI is InChI=1S/C74H48N4O6S/c79-73-62-44-38-58(48-64(62)74(80)61-43-37-57(47-63(61)73)75(51-16-4-1-5-17-51)52-18-6-2-7-19-52)76(53-20-8-3-9-21-53)54-31-28-49(29-32-54)50-30-45-68-72(46-50)84-71-27-15-12-24-67(71)78(68)56-35-41-60(42-36-56)85(81,82)59-39-33-55(34-40-59)77-65-22-10-13-25-69(65)83-70-26-14-11-23-66(70)77/h1-48H. The van der Waals surface area contributed by atoms with Crippen LogP contribution in [0.2, 0.25) is 0 Å². The molecule has 2 aliphatic heterocycles. The van der Waals surface area contributed by atoms with Crippen LogP contribution < -0.4 is 29.1 Å². The molecule has 0 saturated heterocycles. The maximum absolute atomic E-state index is 14.6. The van der Waals surface area contributed by atoms with Gasteiger partial charge in [0.25, 0.3) is 0 Å². The average molecular weight is 1120 g/mol. The van der Waals surface area contributed by atoms with Crippen LogP contribution in [0.1, 0.15) is 31.8 Å². The van der Waals surface area contributed by atoms with Crippen molar-refractivity contribution >= 4 is 89.7 Å². The number of nitrogens with zero attached hydrogens (tertiary/aromatic N) is 4. The molecule has 0 unspecified atom stereocenters. The number of carbonyl (C=O) groups excluding carboxylic acids is 2. The zero-order valence-corrected chi connectivity index (χ0v) is 46.2. The monoisotopic (exact) mass is 1120 g/mol. The van der Waals surface area contributed by atoms with E-state index in [0.29, 0.717) is 45.3 Å². The lowest BCUT2D eigenvalue weighted by Crippen LogP contribution is -2.22. The van der Waals surface area contributed by atoms with E-state index in [9.17, 15) is 18.0 Å². The van der Waals surface area contributed by atoms with E-state index in [1.165, 1.54) is 0 Å². The van der Waals surface area contributed by atoms with Gasteiger partial charge in [-0.25, -0.2) is 8.42 Å². The van der Waals surface area contributed by atoms with E-state index in [0.717, 1.165) is 79.4 Å². The van der Waals surface area contributed by atoms with Gasteiger partial charge in [-0.05, 0) is 193 Å². The fourth-order valence-corrected chi connectivity index (χ4v) is 13.0. The van der Waals surface area contributed by atoms with Crippen LogP contribution in [0.4, 0.5) is 68.2 Å². The molecular weight excluding hydrogens is 1070 g/mol. The maximum atomic E-state index is 14.6. The van der Waals surface area contributed by atoms with Crippen molar-refractivity contribution in [2.24, 2.45) is 0 Å². The molecule has 0 N–H and O–H groups in total. The Balaban J connectivity index is 0.702. The minimum atomic E-state index is -3.90. The van der Waals surface area contributed by atoms with Crippen molar-refractivity contribution in [3.05, 3.63) is 313 Å². The van der Waals surface area contributed by atoms with Crippen LogP contribution in [0.25, 0.3) is 11.1 Å². The van der Waals surface area contributed by atoms with Gasteiger partial charge in [0.05, 0.1) is 32.5 Å². The van der Waals surface area contributed by atoms with E-state index in [1.54, 1.807) is 36.4 Å². The highest BCUT2D eigenvalue weighted by Gasteiger charge is 2.33. The second kappa shape index (κ2) is 20.6. The first-order valence-electron chi connectivity index (χ1n) is 27.8. The molecule has 0 spiro atoms. The highest BCUT2D eigenvalue weighted by Crippen LogP contribution is 2.53. The van der Waals surface area contributed by atoms with Crippen LogP contribution in [0, 0.1) is 0 Å². The number of benzene rings is 12. The van der Waals surface area contributed by atoms with Crippen molar-refractivity contribution in [3.8, 4) is 34.1 Å². The molecule has 0 saturated carbocycles. The van der Waals surface area contributed by atoms with E-state index in [1.807, 2.05) is 237 Å². The molecule has 10 nitrogen and oxygen atoms in total. The summed E-state index contributed by atoms with van der Waals surface area (Å²) in [6.07, 6.45) is 0. The number of para-hydroxylation sites is 9. The Kier molecular flexibility index (Phi) is 12.3. The van der Waals surface area contributed by atoms with Crippen LogP contribution >= 0.6 is 0 Å². The topological polar surface area (TPSA) is 99.7 Å². The summed E-state index contributed by atoms with van der Waals surface area (Å²) in [4.78, 5) is 37.7. The molecule has 0 amide bonds. The number of hydrogen-bond donors (Lipinski definition) is 0. The number of sulfone groups is 1. The first kappa shape index (κ1) is 50.7. The Labute approximate surface area is 491 Å². The largest absolute Gasteiger partial charge is 0.453 e. The summed E-state index contributed by atoms with van der Waals surface area (Å²) in [5.41, 5.74) is 13.2. The Hall–Kier alpha value is -11.3. The highest BCUT2D eigenvalue weighted by molar-refractivity contribution is 7.91. The molecule has 406 valence electrons. The van der Waals surface area contributed by atoms with E-state index >= 15 is 0 Å². The summed E-state index contributed by atoms with van der Waals surface area (Å²) in [7, 11) is -3.90. The van der Waals surface area contributed by atoms with Gasteiger partial charge in [0.15, 0.2) is 34.6 Å². The molecule has 0 bridgehead atoms. The second-order valence-corrected chi connectivity index (χ2v) is 22.7. The Morgan fingerprint density at radius 3 is 1.05 bits per heavy atom. The van der Waals surface area contributed by atoms with E-state index in [-0.39, 0.29) is 21.4 Å². The normalized spacial score (nSPS) is 12.8. The first-order chi connectivity index (χ1) is 41.7. The van der Waals surface area contributed by atoms with Crippen LogP contribution in [0.15, 0.2) is 301 Å². The fraction of sp³-hybridized carbons (Fsp3) is 0. The maximum Gasteiger partial charge on any atom is 0.206 e. The summed E-state index contributed by atoms with van der Waals surface area (Å²) in [5, 5.41) is 0. The zero-order valence-electron chi connectivity index (χ0n) is 45.4. The van der Waals surface area contributed by atoms with Gasteiger partial charge in [-0.2, -0.15) is 0 Å². The summed E-state index contributed by atoms with van der Waals surface area (Å²) < 4.78 is 41.4. The number of rotatable bonds is 11. The van der Waals surface area contributed by atoms with Crippen molar-refractivity contribution in [3.63, 3.8) is 0 Å². The van der Waals surface area contributed by atoms with Gasteiger partial charge in [0.1, 0.15) is 0 Å². The molecule has 12 aromatic rings. The molecule has 3 aliphatic rings. The van der Waals surface area contributed by atoms with Gasteiger partial charge >= 0.3 is 0 Å². The van der Waals surface area contributed by atoms with Gasteiger partial charge in [-0.15, -0.1) is 0 Å². The second-order valence-electron chi connectivity index (χ2n) is 20.8. The highest BCUT2D eigenvalue weighted by atomic mass is 32.2. The molecule has 0 fully saturated rings. The Bertz CT molecular complexity index is 4630. The molecule has 11 heteroatoms. The van der Waals surface area contributed by atoms with Gasteiger partial charge in [0.2, 0.25) is 9.84 Å². The molecule has 85 heavy (non-hydrogen) atoms. The minimum Gasteiger partial charge on any atom is -0.453 e. The number of ketones is 2. The van der Waals surface area contributed by atoms with Crippen LogP contribution in [-0.2, 0) is 9.84 Å². The van der Waals surface area contributed by atoms with Crippen molar-refractivity contribution < 1.29 is 27.5 Å². The van der Waals surface area contributed by atoms with Crippen molar-refractivity contribution in [1.82, 2.24) is 0 Å². The third-order valence-corrected chi connectivity index (χ3v) is 17.6. The summed E-state index contributed by atoms with van der Waals surface area (Å²) in [5.74, 6) is 2.29. The predicted molar refractivity (Wildman–Crippen MR) is 336 cm³/mol. The zero-order chi connectivity index (χ0) is 57.2. The Morgan fingerprint density at radius 2 is 0.624 bits per heavy atom. The van der Waals surface area contributed by atoms with E-state index < -0.39 is 9.84 Å². The number of fused-ring (bicyclic) bond motifs is 6. The van der Waals surface area contributed by atoms with Crippen molar-refractivity contribution in [2.45, 2.75) is 9.79 Å². The molecule has 0 radical (unpaired) electrons. The number of hydrogen-bond acceptors (Lipinski definition) is 10. The van der Waals surface area contributed by atoms with E-state index in [4.69, 9.17) is 9.47 Å². The summed E-state index contributed by atoms with van der Waals surface area (Å²) in [6, 6.07) is 92.5. The minimum absolute atomic E-state index is 0.170. The molecule has 0 aromatic heterocycles.